The van der Waals surface area contributed by atoms with Gasteiger partial charge in [0.15, 0.2) is 5.16 Å². The number of ether oxygens (including phenoxy) is 2. The Hall–Kier alpha value is -2.70. The lowest BCUT2D eigenvalue weighted by Gasteiger charge is -2.07. The van der Waals surface area contributed by atoms with Crippen LogP contribution in [0.25, 0.3) is 0 Å². The summed E-state index contributed by atoms with van der Waals surface area (Å²) >= 11 is 3.88. The van der Waals surface area contributed by atoms with Crippen LogP contribution in [0.3, 0.4) is 0 Å². The number of rotatable bonds is 10. The fourth-order valence-corrected chi connectivity index (χ4v) is 5.46. The summed E-state index contributed by atoms with van der Waals surface area (Å²) < 4.78 is 12.0. The highest BCUT2D eigenvalue weighted by Gasteiger charge is 2.27. The standard InChI is InChI=1S/C21H24N4O5S3/c1-5-29-19(27)16-12(3)17(20(28)30-6-2)33-18(16)22-15(26)11-32-21-24-23-14(25(21)4)10-13-8-7-9-31-13/h7-9H,5-6,10-11H2,1-4H3,(H,22,26). The van der Waals surface area contributed by atoms with Crippen molar-refractivity contribution in [1.29, 1.82) is 0 Å². The second-order valence-electron chi connectivity index (χ2n) is 6.75. The molecule has 176 valence electrons. The number of thiophene rings is 2. The van der Waals surface area contributed by atoms with E-state index in [1.807, 2.05) is 29.1 Å². The second kappa shape index (κ2) is 11.4. The van der Waals surface area contributed by atoms with E-state index >= 15 is 0 Å². The van der Waals surface area contributed by atoms with Gasteiger partial charge in [0.05, 0.1) is 24.5 Å². The van der Waals surface area contributed by atoms with E-state index in [2.05, 4.69) is 15.5 Å². The van der Waals surface area contributed by atoms with E-state index in [-0.39, 0.29) is 40.3 Å². The van der Waals surface area contributed by atoms with Gasteiger partial charge >= 0.3 is 11.9 Å². The second-order valence-corrected chi connectivity index (χ2v) is 9.75. The molecule has 0 saturated carbocycles. The minimum atomic E-state index is -0.601. The predicted octanol–water partition coefficient (Wildman–Crippen LogP) is 3.92. The fourth-order valence-electron chi connectivity index (χ4n) is 2.93. The third kappa shape index (κ3) is 6.01. The molecule has 0 aliphatic carbocycles. The maximum atomic E-state index is 12.7. The van der Waals surface area contributed by atoms with Crippen LogP contribution >= 0.6 is 34.4 Å². The maximum absolute atomic E-state index is 12.7. The summed E-state index contributed by atoms with van der Waals surface area (Å²) in [5, 5.41) is 14.0. The molecule has 3 rings (SSSR count). The number of hydrogen-bond donors (Lipinski definition) is 1. The fraction of sp³-hybridized carbons (Fsp3) is 0.381. The summed E-state index contributed by atoms with van der Waals surface area (Å²) in [5.74, 6) is -0.629. The molecule has 0 bridgehead atoms. The molecule has 12 heteroatoms. The van der Waals surface area contributed by atoms with E-state index in [0.717, 1.165) is 17.2 Å². The lowest BCUT2D eigenvalue weighted by Crippen LogP contribution is -2.16. The first-order valence-corrected chi connectivity index (χ1v) is 12.8. The first-order chi connectivity index (χ1) is 15.8. The summed E-state index contributed by atoms with van der Waals surface area (Å²) in [6, 6.07) is 4.02. The smallest absolute Gasteiger partial charge is 0.348 e. The molecule has 0 atom stereocenters. The van der Waals surface area contributed by atoms with Crippen LogP contribution in [0.2, 0.25) is 0 Å². The minimum absolute atomic E-state index is 0.0545. The van der Waals surface area contributed by atoms with Gasteiger partial charge in [-0.25, -0.2) is 9.59 Å². The van der Waals surface area contributed by atoms with E-state index in [4.69, 9.17) is 9.47 Å². The highest BCUT2D eigenvalue weighted by Crippen LogP contribution is 2.34. The molecule has 0 aliphatic rings. The Labute approximate surface area is 203 Å². The summed E-state index contributed by atoms with van der Waals surface area (Å²) in [7, 11) is 1.86. The zero-order valence-corrected chi connectivity index (χ0v) is 21.1. The number of nitrogens with zero attached hydrogens (tertiary/aromatic N) is 3. The molecule has 3 aromatic heterocycles. The zero-order chi connectivity index (χ0) is 24.0. The van der Waals surface area contributed by atoms with Gasteiger partial charge < -0.3 is 19.4 Å². The lowest BCUT2D eigenvalue weighted by molar-refractivity contribution is -0.113. The first kappa shape index (κ1) is 24.9. The van der Waals surface area contributed by atoms with Crippen molar-refractivity contribution in [3.8, 4) is 0 Å². The topological polar surface area (TPSA) is 112 Å². The molecule has 0 unspecified atom stereocenters. The lowest BCUT2D eigenvalue weighted by atomic mass is 10.1. The van der Waals surface area contributed by atoms with E-state index in [1.54, 1.807) is 32.1 Å². The SMILES string of the molecule is CCOC(=O)c1sc(NC(=O)CSc2nnc(Cc3cccs3)n2C)c(C(=O)OCC)c1C. The summed E-state index contributed by atoms with van der Waals surface area (Å²) in [5.41, 5.74) is 0.589. The number of aromatic nitrogens is 3. The Kier molecular flexibility index (Phi) is 8.64. The number of hydrogen-bond acceptors (Lipinski definition) is 10. The van der Waals surface area contributed by atoms with Crippen LogP contribution in [-0.4, -0.2) is 51.6 Å². The minimum Gasteiger partial charge on any atom is -0.462 e. The predicted molar refractivity (Wildman–Crippen MR) is 128 cm³/mol. The number of carbonyl (C=O) groups is 3. The van der Waals surface area contributed by atoms with Crippen LogP contribution < -0.4 is 5.32 Å². The quantitative estimate of drug-likeness (QED) is 0.324. The Balaban J connectivity index is 1.71. The third-order valence-corrected chi connectivity index (χ3v) is 7.59. The van der Waals surface area contributed by atoms with Crippen molar-refractivity contribution in [3.63, 3.8) is 0 Å². The van der Waals surface area contributed by atoms with Crippen molar-refractivity contribution in [1.82, 2.24) is 14.8 Å². The van der Waals surface area contributed by atoms with Gasteiger partial charge in [-0.2, -0.15) is 0 Å². The van der Waals surface area contributed by atoms with Crippen molar-refractivity contribution < 1.29 is 23.9 Å². The van der Waals surface area contributed by atoms with E-state index in [0.29, 0.717) is 17.1 Å². The van der Waals surface area contributed by atoms with Gasteiger partial charge in [-0.1, -0.05) is 17.8 Å². The largest absolute Gasteiger partial charge is 0.462 e. The van der Waals surface area contributed by atoms with E-state index in [9.17, 15) is 14.4 Å². The molecular weight excluding hydrogens is 484 g/mol. The Morgan fingerprint density at radius 3 is 2.55 bits per heavy atom. The normalized spacial score (nSPS) is 10.8. The molecule has 0 radical (unpaired) electrons. The molecule has 3 heterocycles. The van der Waals surface area contributed by atoms with Gasteiger partial charge in [-0.3, -0.25) is 4.79 Å². The Morgan fingerprint density at radius 2 is 1.88 bits per heavy atom. The highest BCUT2D eigenvalue weighted by molar-refractivity contribution is 7.99. The van der Waals surface area contributed by atoms with Gasteiger partial charge in [-0.15, -0.1) is 32.9 Å². The summed E-state index contributed by atoms with van der Waals surface area (Å²) in [6.45, 7) is 5.40. The molecule has 1 amide bonds. The van der Waals surface area contributed by atoms with Gasteiger partial charge in [0.25, 0.3) is 0 Å². The molecule has 9 nitrogen and oxygen atoms in total. The van der Waals surface area contributed by atoms with Gasteiger partial charge in [0, 0.05) is 18.3 Å². The van der Waals surface area contributed by atoms with Gasteiger partial charge in [-0.05, 0) is 37.8 Å². The van der Waals surface area contributed by atoms with Crippen molar-refractivity contribution in [2.45, 2.75) is 32.3 Å². The Morgan fingerprint density at radius 1 is 1.15 bits per heavy atom. The highest BCUT2D eigenvalue weighted by atomic mass is 32.2. The molecule has 0 saturated heterocycles. The molecule has 0 aromatic carbocycles. The van der Waals surface area contributed by atoms with E-state index in [1.165, 1.54) is 16.6 Å². The number of anilines is 1. The Bertz CT molecular complexity index is 1140. The number of amides is 1. The number of nitrogens with one attached hydrogen (secondary N) is 1. The molecule has 0 spiro atoms. The maximum Gasteiger partial charge on any atom is 0.348 e. The monoisotopic (exact) mass is 508 g/mol. The zero-order valence-electron chi connectivity index (χ0n) is 18.7. The molecule has 1 N–H and O–H groups in total. The summed E-state index contributed by atoms with van der Waals surface area (Å²) in [4.78, 5) is 38.8. The number of thioether (sulfide) groups is 1. The van der Waals surface area contributed by atoms with Crippen LogP contribution in [0.4, 0.5) is 5.00 Å². The van der Waals surface area contributed by atoms with Crippen molar-refractivity contribution in [3.05, 3.63) is 44.2 Å². The average molecular weight is 509 g/mol. The van der Waals surface area contributed by atoms with Crippen LogP contribution in [0.15, 0.2) is 22.7 Å². The van der Waals surface area contributed by atoms with Gasteiger partial charge in [0.1, 0.15) is 15.7 Å². The average Bonchev–Trinajstić information content (AvgIpc) is 3.48. The van der Waals surface area contributed by atoms with E-state index < -0.39 is 11.9 Å². The third-order valence-electron chi connectivity index (χ3n) is 4.51. The molecule has 0 fully saturated rings. The van der Waals surface area contributed by atoms with Crippen molar-refractivity contribution >= 4 is 57.3 Å². The number of carbonyl (C=O) groups excluding carboxylic acids is 3. The van der Waals surface area contributed by atoms with Crippen LogP contribution in [0, 0.1) is 6.92 Å². The van der Waals surface area contributed by atoms with Crippen LogP contribution in [-0.2, 0) is 27.7 Å². The van der Waals surface area contributed by atoms with Crippen LogP contribution in [0.1, 0.15) is 50.1 Å². The molecule has 0 aliphatic heterocycles. The van der Waals surface area contributed by atoms with Crippen LogP contribution in [0.5, 0.6) is 0 Å². The number of esters is 2. The summed E-state index contributed by atoms with van der Waals surface area (Å²) in [6.07, 6.45) is 0.669. The molecule has 33 heavy (non-hydrogen) atoms. The first-order valence-electron chi connectivity index (χ1n) is 10.2. The van der Waals surface area contributed by atoms with Gasteiger partial charge in [0.2, 0.25) is 5.91 Å². The molecule has 3 aromatic rings. The van der Waals surface area contributed by atoms with Crippen molar-refractivity contribution in [2.24, 2.45) is 7.05 Å². The molecular formula is C21H24N4O5S3. The van der Waals surface area contributed by atoms with Crippen molar-refractivity contribution in [2.75, 3.05) is 24.3 Å².